The molecule has 0 fully saturated rings. The molecule has 1 aromatic rings. The van der Waals surface area contributed by atoms with Crippen LogP contribution in [0.4, 0.5) is 0 Å². The molecule has 0 radical (unpaired) electrons. The average Bonchev–Trinajstić information content (AvgIpc) is 2.78. The lowest BCUT2D eigenvalue weighted by atomic mass is 10.1. The van der Waals surface area contributed by atoms with Gasteiger partial charge >= 0.3 is 5.97 Å². The molecule has 0 saturated heterocycles. The summed E-state index contributed by atoms with van der Waals surface area (Å²) < 4.78 is 0. The standard InChI is InChI=1S/C12H18N2O3S/c1-8(7-9-3-2-6-18-9)14-12(17)10(13)4-5-11(15)16/h2-3,6,8,10H,4-5,7,13H2,1H3,(H,14,17)(H,15,16). The fraction of sp³-hybridized carbons (Fsp3) is 0.500. The molecule has 0 aliphatic rings. The van der Waals surface area contributed by atoms with Gasteiger partial charge in [0.25, 0.3) is 0 Å². The van der Waals surface area contributed by atoms with Crippen molar-refractivity contribution in [2.24, 2.45) is 5.73 Å². The number of amides is 1. The van der Waals surface area contributed by atoms with Crippen LogP contribution < -0.4 is 11.1 Å². The number of carbonyl (C=O) groups excluding carboxylic acids is 1. The lowest BCUT2D eigenvalue weighted by molar-refractivity contribution is -0.137. The zero-order chi connectivity index (χ0) is 13.5. The highest BCUT2D eigenvalue weighted by atomic mass is 32.1. The topological polar surface area (TPSA) is 92.4 Å². The van der Waals surface area contributed by atoms with Gasteiger partial charge in [0.05, 0.1) is 6.04 Å². The highest BCUT2D eigenvalue weighted by Crippen LogP contribution is 2.11. The van der Waals surface area contributed by atoms with Crippen LogP contribution in [0.3, 0.4) is 0 Å². The number of aliphatic carboxylic acids is 1. The Kier molecular flexibility index (Phi) is 5.80. The lowest BCUT2D eigenvalue weighted by Crippen LogP contribution is -2.45. The first-order valence-electron chi connectivity index (χ1n) is 5.79. The monoisotopic (exact) mass is 270 g/mol. The van der Waals surface area contributed by atoms with Crippen LogP contribution in [-0.2, 0) is 16.0 Å². The van der Waals surface area contributed by atoms with Gasteiger partial charge in [-0.25, -0.2) is 0 Å². The van der Waals surface area contributed by atoms with Crippen molar-refractivity contribution in [3.05, 3.63) is 22.4 Å². The van der Waals surface area contributed by atoms with E-state index in [0.29, 0.717) is 0 Å². The summed E-state index contributed by atoms with van der Waals surface area (Å²) in [5, 5.41) is 13.3. The second-order valence-electron chi connectivity index (χ2n) is 4.23. The van der Waals surface area contributed by atoms with Gasteiger partial charge in [0, 0.05) is 23.8 Å². The molecular formula is C12H18N2O3S. The van der Waals surface area contributed by atoms with Gasteiger partial charge in [0.1, 0.15) is 0 Å². The number of carboxylic acid groups (broad SMARTS) is 1. The van der Waals surface area contributed by atoms with E-state index in [1.807, 2.05) is 24.4 Å². The summed E-state index contributed by atoms with van der Waals surface area (Å²) in [5.74, 6) is -1.23. The fourth-order valence-electron chi connectivity index (χ4n) is 1.54. The van der Waals surface area contributed by atoms with E-state index in [4.69, 9.17) is 10.8 Å². The summed E-state index contributed by atoms with van der Waals surface area (Å²) in [6, 6.07) is 3.21. The fourth-order valence-corrected chi connectivity index (χ4v) is 2.38. The smallest absolute Gasteiger partial charge is 0.303 e. The summed E-state index contributed by atoms with van der Waals surface area (Å²) in [5.41, 5.74) is 5.61. The van der Waals surface area contributed by atoms with E-state index < -0.39 is 12.0 Å². The zero-order valence-corrected chi connectivity index (χ0v) is 11.1. The maximum atomic E-state index is 11.7. The summed E-state index contributed by atoms with van der Waals surface area (Å²) in [4.78, 5) is 23.2. The van der Waals surface area contributed by atoms with Gasteiger partial charge in [-0.3, -0.25) is 9.59 Å². The number of nitrogens with two attached hydrogens (primary N) is 1. The molecule has 5 nitrogen and oxygen atoms in total. The minimum atomic E-state index is -0.940. The third kappa shape index (κ3) is 5.29. The summed E-state index contributed by atoms with van der Waals surface area (Å²) in [6.45, 7) is 1.90. The quantitative estimate of drug-likeness (QED) is 0.689. The van der Waals surface area contributed by atoms with Crippen molar-refractivity contribution in [3.63, 3.8) is 0 Å². The van der Waals surface area contributed by atoms with Crippen molar-refractivity contribution < 1.29 is 14.7 Å². The molecular weight excluding hydrogens is 252 g/mol. The van der Waals surface area contributed by atoms with E-state index in [0.717, 1.165) is 6.42 Å². The Hall–Kier alpha value is -1.40. The van der Waals surface area contributed by atoms with Crippen LogP contribution in [-0.4, -0.2) is 29.1 Å². The molecule has 1 rings (SSSR count). The summed E-state index contributed by atoms with van der Waals surface area (Å²) in [6.07, 6.45) is 0.829. The van der Waals surface area contributed by atoms with Gasteiger partial charge in [0.15, 0.2) is 0 Å². The van der Waals surface area contributed by atoms with Gasteiger partial charge < -0.3 is 16.2 Å². The molecule has 0 aliphatic heterocycles. The Morgan fingerprint density at radius 2 is 2.28 bits per heavy atom. The molecule has 18 heavy (non-hydrogen) atoms. The average molecular weight is 270 g/mol. The minimum Gasteiger partial charge on any atom is -0.481 e. The third-order valence-corrected chi connectivity index (χ3v) is 3.38. The molecule has 1 aromatic heterocycles. The van der Waals surface area contributed by atoms with Gasteiger partial charge in [-0.15, -0.1) is 11.3 Å². The van der Waals surface area contributed by atoms with Crippen molar-refractivity contribution >= 4 is 23.2 Å². The summed E-state index contributed by atoms with van der Waals surface area (Å²) in [7, 11) is 0. The van der Waals surface area contributed by atoms with Crippen molar-refractivity contribution in [1.82, 2.24) is 5.32 Å². The number of nitrogens with one attached hydrogen (secondary N) is 1. The minimum absolute atomic E-state index is 0.00738. The number of thiophene rings is 1. The first-order chi connectivity index (χ1) is 8.49. The molecule has 100 valence electrons. The molecule has 1 amide bonds. The van der Waals surface area contributed by atoms with Crippen molar-refractivity contribution in [2.75, 3.05) is 0 Å². The Labute approximate surface area is 110 Å². The number of carboxylic acids is 1. The number of carbonyl (C=O) groups is 2. The summed E-state index contributed by atoms with van der Waals surface area (Å²) >= 11 is 1.64. The highest BCUT2D eigenvalue weighted by molar-refractivity contribution is 7.09. The zero-order valence-electron chi connectivity index (χ0n) is 10.3. The normalized spacial score (nSPS) is 13.9. The molecule has 0 aromatic carbocycles. The second kappa shape index (κ2) is 7.13. The van der Waals surface area contributed by atoms with E-state index in [1.54, 1.807) is 11.3 Å². The third-order valence-electron chi connectivity index (χ3n) is 2.48. The maximum absolute atomic E-state index is 11.7. The van der Waals surface area contributed by atoms with Crippen LogP contribution in [0.15, 0.2) is 17.5 Å². The van der Waals surface area contributed by atoms with Crippen molar-refractivity contribution in [2.45, 2.75) is 38.3 Å². The van der Waals surface area contributed by atoms with Crippen LogP contribution >= 0.6 is 11.3 Å². The predicted molar refractivity (Wildman–Crippen MR) is 70.5 cm³/mol. The molecule has 0 saturated carbocycles. The Morgan fingerprint density at radius 3 is 2.83 bits per heavy atom. The van der Waals surface area contributed by atoms with E-state index in [-0.39, 0.29) is 24.8 Å². The maximum Gasteiger partial charge on any atom is 0.303 e. The first-order valence-corrected chi connectivity index (χ1v) is 6.67. The second-order valence-corrected chi connectivity index (χ2v) is 5.26. The molecule has 0 spiro atoms. The number of rotatable bonds is 7. The molecule has 0 aliphatic carbocycles. The van der Waals surface area contributed by atoms with Gasteiger partial charge in [-0.1, -0.05) is 6.07 Å². The van der Waals surface area contributed by atoms with Crippen LogP contribution in [0.1, 0.15) is 24.6 Å². The number of hydrogen-bond donors (Lipinski definition) is 3. The van der Waals surface area contributed by atoms with Crippen molar-refractivity contribution in [1.29, 1.82) is 0 Å². The lowest BCUT2D eigenvalue weighted by Gasteiger charge is -2.16. The molecule has 2 atom stereocenters. The molecule has 1 heterocycles. The van der Waals surface area contributed by atoms with E-state index in [1.165, 1.54) is 4.88 Å². The Bertz CT molecular complexity index is 392. The van der Waals surface area contributed by atoms with E-state index in [9.17, 15) is 9.59 Å². The van der Waals surface area contributed by atoms with Gasteiger partial charge in [-0.2, -0.15) is 0 Å². The van der Waals surface area contributed by atoms with Crippen LogP contribution in [0.5, 0.6) is 0 Å². The van der Waals surface area contributed by atoms with E-state index in [2.05, 4.69) is 5.32 Å². The van der Waals surface area contributed by atoms with E-state index >= 15 is 0 Å². The first kappa shape index (κ1) is 14.7. The Balaban J connectivity index is 2.32. The van der Waals surface area contributed by atoms with Gasteiger partial charge in [0.2, 0.25) is 5.91 Å². The van der Waals surface area contributed by atoms with Gasteiger partial charge in [-0.05, 0) is 24.8 Å². The molecule has 2 unspecified atom stereocenters. The van der Waals surface area contributed by atoms with Crippen LogP contribution in [0.25, 0.3) is 0 Å². The highest BCUT2D eigenvalue weighted by Gasteiger charge is 2.17. The molecule has 6 heteroatoms. The van der Waals surface area contributed by atoms with Crippen LogP contribution in [0, 0.1) is 0 Å². The number of hydrogen-bond acceptors (Lipinski definition) is 4. The molecule has 4 N–H and O–H groups in total. The molecule has 0 bridgehead atoms. The SMILES string of the molecule is CC(Cc1cccs1)NC(=O)C(N)CCC(=O)O. The largest absolute Gasteiger partial charge is 0.481 e. The predicted octanol–water partition coefficient (Wildman–Crippen LogP) is 0.987. The van der Waals surface area contributed by atoms with Crippen LogP contribution in [0.2, 0.25) is 0 Å². The Morgan fingerprint density at radius 1 is 1.56 bits per heavy atom. The van der Waals surface area contributed by atoms with Crippen molar-refractivity contribution in [3.8, 4) is 0 Å².